The zero-order valence-electron chi connectivity index (χ0n) is 14.6. The standard InChI is InChI=1S/C19H17FN6O/c1-12-16(18(27)21-11-13-7-3-2-4-8-13)17(14-9-5-6-10-15(14)20)26-19(22-12)23-24-25-26/h2-10,17H,11H2,1H3,(H,21,27)(H,22,23,25)/t17-/m0/s1. The van der Waals surface area contributed by atoms with Gasteiger partial charge in [0.1, 0.15) is 11.9 Å². The van der Waals surface area contributed by atoms with Gasteiger partial charge in [0.15, 0.2) is 0 Å². The second-order valence-corrected chi connectivity index (χ2v) is 6.20. The van der Waals surface area contributed by atoms with Gasteiger partial charge in [0.2, 0.25) is 5.95 Å². The lowest BCUT2D eigenvalue weighted by Crippen LogP contribution is -2.35. The number of hydrogen-bond donors (Lipinski definition) is 2. The van der Waals surface area contributed by atoms with Crippen LogP contribution in [0.5, 0.6) is 0 Å². The van der Waals surface area contributed by atoms with E-state index in [9.17, 15) is 9.18 Å². The van der Waals surface area contributed by atoms with Crippen LogP contribution in [0.2, 0.25) is 0 Å². The van der Waals surface area contributed by atoms with E-state index in [1.807, 2.05) is 30.3 Å². The van der Waals surface area contributed by atoms with Crippen LogP contribution >= 0.6 is 0 Å². The van der Waals surface area contributed by atoms with Crippen LogP contribution in [0.25, 0.3) is 0 Å². The average molecular weight is 364 g/mol. The van der Waals surface area contributed by atoms with Crippen LogP contribution in [0.15, 0.2) is 65.9 Å². The summed E-state index contributed by atoms with van der Waals surface area (Å²) in [6.07, 6.45) is 0. The van der Waals surface area contributed by atoms with Crippen molar-refractivity contribution in [3.8, 4) is 0 Å². The van der Waals surface area contributed by atoms with E-state index in [0.717, 1.165) is 5.56 Å². The number of carbonyl (C=O) groups excluding carboxylic acids is 1. The van der Waals surface area contributed by atoms with Gasteiger partial charge >= 0.3 is 0 Å². The Bertz CT molecular complexity index is 1010. The number of carbonyl (C=O) groups is 1. The third-order valence-corrected chi connectivity index (χ3v) is 4.45. The molecular weight excluding hydrogens is 347 g/mol. The third kappa shape index (κ3) is 3.17. The molecule has 0 spiro atoms. The highest BCUT2D eigenvalue weighted by Crippen LogP contribution is 2.35. The van der Waals surface area contributed by atoms with Gasteiger partial charge in [-0.15, -0.1) is 0 Å². The largest absolute Gasteiger partial charge is 0.348 e. The molecule has 2 heterocycles. The maximum Gasteiger partial charge on any atom is 0.251 e. The molecule has 0 saturated heterocycles. The highest BCUT2D eigenvalue weighted by atomic mass is 19.1. The molecule has 0 saturated carbocycles. The van der Waals surface area contributed by atoms with Gasteiger partial charge in [0, 0.05) is 17.8 Å². The maximum atomic E-state index is 14.5. The first-order valence-electron chi connectivity index (χ1n) is 8.47. The van der Waals surface area contributed by atoms with Crippen LogP contribution in [0.1, 0.15) is 24.1 Å². The predicted octanol–water partition coefficient (Wildman–Crippen LogP) is 2.42. The highest BCUT2D eigenvalue weighted by molar-refractivity contribution is 5.96. The van der Waals surface area contributed by atoms with E-state index in [4.69, 9.17) is 0 Å². The summed E-state index contributed by atoms with van der Waals surface area (Å²) in [4.78, 5) is 13.0. The fraction of sp³-hybridized carbons (Fsp3) is 0.158. The molecule has 1 atom stereocenters. The summed E-state index contributed by atoms with van der Waals surface area (Å²) in [5, 5.41) is 17.4. The van der Waals surface area contributed by atoms with Crippen LogP contribution in [-0.2, 0) is 11.3 Å². The maximum absolute atomic E-state index is 14.5. The van der Waals surface area contributed by atoms with E-state index in [2.05, 4.69) is 26.2 Å². The van der Waals surface area contributed by atoms with Crippen molar-refractivity contribution < 1.29 is 9.18 Å². The molecule has 0 fully saturated rings. The van der Waals surface area contributed by atoms with Gasteiger partial charge in [-0.3, -0.25) is 4.79 Å². The molecule has 0 aliphatic carbocycles. The minimum Gasteiger partial charge on any atom is -0.348 e. The monoisotopic (exact) mass is 364 g/mol. The quantitative estimate of drug-likeness (QED) is 0.743. The van der Waals surface area contributed by atoms with Crippen LogP contribution in [0.3, 0.4) is 0 Å². The Morgan fingerprint density at radius 1 is 1.19 bits per heavy atom. The van der Waals surface area contributed by atoms with Crippen molar-refractivity contribution in [2.75, 3.05) is 5.32 Å². The van der Waals surface area contributed by atoms with E-state index in [1.165, 1.54) is 10.7 Å². The number of halogens is 1. The minimum atomic E-state index is -0.756. The summed E-state index contributed by atoms with van der Waals surface area (Å²) < 4.78 is 16.0. The number of anilines is 1. The van der Waals surface area contributed by atoms with Crippen molar-refractivity contribution in [1.82, 2.24) is 25.5 Å². The molecule has 3 aromatic rings. The van der Waals surface area contributed by atoms with Crippen molar-refractivity contribution in [2.24, 2.45) is 0 Å². The van der Waals surface area contributed by atoms with Gasteiger partial charge < -0.3 is 10.6 Å². The van der Waals surface area contributed by atoms with Crippen LogP contribution < -0.4 is 10.6 Å². The van der Waals surface area contributed by atoms with Crippen LogP contribution in [-0.4, -0.2) is 26.1 Å². The predicted molar refractivity (Wildman–Crippen MR) is 97.0 cm³/mol. The number of allylic oxidation sites excluding steroid dienone is 1. The van der Waals surface area contributed by atoms with Crippen LogP contribution in [0.4, 0.5) is 10.3 Å². The van der Waals surface area contributed by atoms with Crippen LogP contribution in [0, 0.1) is 5.82 Å². The molecule has 7 nitrogen and oxygen atoms in total. The molecule has 0 radical (unpaired) electrons. The number of aromatic nitrogens is 4. The molecule has 136 valence electrons. The second-order valence-electron chi connectivity index (χ2n) is 6.20. The lowest BCUT2D eigenvalue weighted by atomic mass is 9.94. The SMILES string of the molecule is CC1=C(C(=O)NCc2ccccc2)[C@H](c2ccccc2F)n2nnnc2N1. The van der Waals surface area contributed by atoms with Crippen molar-refractivity contribution in [3.63, 3.8) is 0 Å². The van der Waals surface area contributed by atoms with E-state index in [0.29, 0.717) is 29.3 Å². The number of rotatable bonds is 4. The number of hydrogen-bond acceptors (Lipinski definition) is 5. The van der Waals surface area contributed by atoms with Crippen molar-refractivity contribution in [3.05, 3.63) is 82.8 Å². The minimum absolute atomic E-state index is 0.307. The fourth-order valence-electron chi connectivity index (χ4n) is 3.16. The Kier molecular flexibility index (Phi) is 4.37. The number of benzene rings is 2. The smallest absolute Gasteiger partial charge is 0.251 e. The van der Waals surface area contributed by atoms with Crippen molar-refractivity contribution in [1.29, 1.82) is 0 Å². The Morgan fingerprint density at radius 3 is 2.70 bits per heavy atom. The first kappa shape index (κ1) is 16.9. The number of fused-ring (bicyclic) bond motifs is 1. The van der Waals surface area contributed by atoms with Gasteiger partial charge in [0.25, 0.3) is 5.91 Å². The van der Waals surface area contributed by atoms with E-state index in [1.54, 1.807) is 25.1 Å². The average Bonchev–Trinajstić information content (AvgIpc) is 3.14. The Labute approximate surface area is 154 Å². The number of tetrazole rings is 1. The Morgan fingerprint density at radius 2 is 1.93 bits per heavy atom. The number of nitrogens with one attached hydrogen (secondary N) is 2. The van der Waals surface area contributed by atoms with E-state index in [-0.39, 0.29) is 5.91 Å². The van der Waals surface area contributed by atoms with Crippen molar-refractivity contribution in [2.45, 2.75) is 19.5 Å². The molecule has 27 heavy (non-hydrogen) atoms. The zero-order chi connectivity index (χ0) is 18.8. The lowest BCUT2D eigenvalue weighted by molar-refractivity contribution is -0.118. The number of amides is 1. The molecule has 1 aliphatic heterocycles. The molecule has 0 bridgehead atoms. The molecule has 2 N–H and O–H groups in total. The van der Waals surface area contributed by atoms with Gasteiger partial charge in [0.05, 0.1) is 5.57 Å². The molecule has 1 amide bonds. The Hall–Kier alpha value is -3.55. The highest BCUT2D eigenvalue weighted by Gasteiger charge is 2.35. The zero-order valence-corrected chi connectivity index (χ0v) is 14.6. The summed E-state index contributed by atoms with van der Waals surface area (Å²) in [7, 11) is 0. The molecule has 4 rings (SSSR count). The first-order chi connectivity index (χ1) is 13.1. The lowest BCUT2D eigenvalue weighted by Gasteiger charge is -2.28. The number of nitrogens with zero attached hydrogens (tertiary/aromatic N) is 4. The molecular formula is C19H17FN6O. The third-order valence-electron chi connectivity index (χ3n) is 4.45. The first-order valence-corrected chi connectivity index (χ1v) is 8.47. The van der Waals surface area contributed by atoms with Gasteiger partial charge in [-0.05, 0) is 29.0 Å². The Balaban J connectivity index is 1.70. The summed E-state index contributed by atoms with van der Waals surface area (Å²) in [5.41, 5.74) is 2.25. The van der Waals surface area contributed by atoms with Gasteiger partial charge in [-0.1, -0.05) is 53.6 Å². The molecule has 1 aromatic heterocycles. The van der Waals surface area contributed by atoms with E-state index >= 15 is 0 Å². The molecule has 2 aromatic carbocycles. The topological polar surface area (TPSA) is 84.7 Å². The second kappa shape index (κ2) is 6.99. The normalized spacial score (nSPS) is 15.9. The summed E-state index contributed by atoms with van der Waals surface area (Å²) >= 11 is 0. The van der Waals surface area contributed by atoms with Crippen molar-refractivity contribution >= 4 is 11.9 Å². The molecule has 1 aliphatic rings. The summed E-state index contributed by atoms with van der Waals surface area (Å²) in [6.45, 7) is 2.12. The van der Waals surface area contributed by atoms with E-state index < -0.39 is 11.9 Å². The van der Waals surface area contributed by atoms with Gasteiger partial charge in [-0.2, -0.15) is 4.68 Å². The summed E-state index contributed by atoms with van der Waals surface area (Å²) in [5.74, 6) is -0.370. The fourth-order valence-corrected chi connectivity index (χ4v) is 3.16. The molecule has 0 unspecified atom stereocenters. The summed E-state index contributed by atoms with van der Waals surface area (Å²) in [6, 6.07) is 15.1. The van der Waals surface area contributed by atoms with Gasteiger partial charge in [-0.25, -0.2) is 4.39 Å². The molecule has 8 heteroatoms.